The van der Waals surface area contributed by atoms with Gasteiger partial charge in [-0.3, -0.25) is 0 Å². The normalized spacial score (nSPS) is 26.9. The van der Waals surface area contributed by atoms with Gasteiger partial charge in [0.15, 0.2) is 0 Å². The van der Waals surface area contributed by atoms with Crippen LogP contribution in [0.1, 0.15) is 32.4 Å². The highest BCUT2D eigenvalue weighted by atomic mass is 16.5. The third-order valence-electron chi connectivity index (χ3n) is 3.04. The highest BCUT2D eigenvalue weighted by Crippen LogP contribution is 2.20. The van der Waals surface area contributed by atoms with Crippen LogP contribution in [0.15, 0.2) is 18.3 Å². The van der Waals surface area contributed by atoms with Crippen molar-refractivity contribution in [3.05, 3.63) is 23.9 Å². The van der Waals surface area contributed by atoms with E-state index in [0.29, 0.717) is 0 Å². The van der Waals surface area contributed by atoms with E-state index in [0.717, 1.165) is 24.5 Å². The van der Waals surface area contributed by atoms with E-state index in [-0.39, 0.29) is 18.2 Å². The van der Waals surface area contributed by atoms with Gasteiger partial charge in [0.05, 0.1) is 12.2 Å². The molecule has 4 heteroatoms. The second-order valence-corrected chi connectivity index (χ2v) is 4.90. The second-order valence-electron chi connectivity index (χ2n) is 4.90. The maximum atomic E-state index is 5.90. The van der Waals surface area contributed by atoms with Crippen molar-refractivity contribution in [2.75, 3.05) is 18.0 Å². The summed E-state index contributed by atoms with van der Waals surface area (Å²) in [5.74, 6) is 1.00. The molecule has 2 heterocycles. The molecule has 0 bridgehead atoms. The van der Waals surface area contributed by atoms with Crippen molar-refractivity contribution in [2.45, 2.75) is 39.0 Å². The number of nitrogens with two attached hydrogens (primary N) is 1. The Labute approximate surface area is 103 Å². The van der Waals surface area contributed by atoms with Crippen molar-refractivity contribution in [3.63, 3.8) is 0 Å². The molecule has 1 aromatic rings. The van der Waals surface area contributed by atoms with Gasteiger partial charge in [0.1, 0.15) is 5.82 Å². The lowest BCUT2D eigenvalue weighted by Gasteiger charge is -2.36. The molecule has 0 radical (unpaired) electrons. The molecule has 2 unspecified atom stereocenters. The van der Waals surface area contributed by atoms with E-state index in [1.54, 1.807) is 0 Å². The smallest absolute Gasteiger partial charge is 0.128 e. The van der Waals surface area contributed by atoms with Crippen molar-refractivity contribution < 1.29 is 4.74 Å². The average molecular weight is 235 g/mol. The largest absolute Gasteiger partial charge is 0.372 e. The summed E-state index contributed by atoms with van der Waals surface area (Å²) in [6.45, 7) is 7.96. The van der Waals surface area contributed by atoms with Crippen LogP contribution in [0.25, 0.3) is 0 Å². The van der Waals surface area contributed by atoms with Gasteiger partial charge in [0, 0.05) is 25.3 Å². The number of pyridine rings is 1. The number of aromatic nitrogens is 1. The number of morpholine rings is 1. The minimum atomic E-state index is 0.0487. The van der Waals surface area contributed by atoms with Crippen LogP contribution in [0.4, 0.5) is 5.82 Å². The van der Waals surface area contributed by atoms with E-state index in [4.69, 9.17) is 10.5 Å². The molecule has 1 fully saturated rings. The number of hydrogen-bond acceptors (Lipinski definition) is 4. The average Bonchev–Trinajstić information content (AvgIpc) is 2.28. The highest BCUT2D eigenvalue weighted by Gasteiger charge is 2.23. The minimum absolute atomic E-state index is 0.0487. The zero-order valence-electron chi connectivity index (χ0n) is 10.8. The lowest BCUT2D eigenvalue weighted by molar-refractivity contribution is -0.00546. The number of ether oxygens (including phenoxy) is 1. The van der Waals surface area contributed by atoms with E-state index in [9.17, 15) is 0 Å². The van der Waals surface area contributed by atoms with Gasteiger partial charge in [0.25, 0.3) is 0 Å². The van der Waals surface area contributed by atoms with Crippen LogP contribution in [0, 0.1) is 0 Å². The lowest BCUT2D eigenvalue weighted by Crippen LogP contribution is -2.45. The Balaban J connectivity index is 2.18. The van der Waals surface area contributed by atoms with Crippen LogP contribution in [-0.4, -0.2) is 30.3 Å². The summed E-state index contributed by atoms with van der Waals surface area (Å²) in [4.78, 5) is 6.70. The first-order valence-electron chi connectivity index (χ1n) is 6.18. The van der Waals surface area contributed by atoms with Gasteiger partial charge in [-0.2, -0.15) is 0 Å². The van der Waals surface area contributed by atoms with Gasteiger partial charge >= 0.3 is 0 Å². The van der Waals surface area contributed by atoms with Crippen molar-refractivity contribution >= 4 is 5.82 Å². The Bertz CT molecular complexity index is 371. The Morgan fingerprint density at radius 3 is 2.65 bits per heavy atom. The molecule has 2 N–H and O–H groups in total. The molecule has 1 aliphatic rings. The van der Waals surface area contributed by atoms with Gasteiger partial charge in [-0.05, 0) is 38.5 Å². The molecular weight excluding hydrogens is 214 g/mol. The van der Waals surface area contributed by atoms with Crippen molar-refractivity contribution in [3.8, 4) is 0 Å². The number of hydrogen-bond donors (Lipinski definition) is 1. The summed E-state index contributed by atoms with van der Waals surface area (Å²) in [6.07, 6.45) is 2.33. The van der Waals surface area contributed by atoms with Crippen molar-refractivity contribution in [2.24, 2.45) is 5.73 Å². The predicted octanol–water partition coefficient (Wildman–Crippen LogP) is 1.71. The Hall–Kier alpha value is -1.13. The molecule has 3 atom stereocenters. The van der Waals surface area contributed by atoms with Crippen LogP contribution < -0.4 is 10.6 Å². The predicted molar refractivity (Wildman–Crippen MR) is 69.1 cm³/mol. The fourth-order valence-electron chi connectivity index (χ4n) is 2.26. The molecule has 1 aromatic heterocycles. The molecule has 17 heavy (non-hydrogen) atoms. The third kappa shape index (κ3) is 2.96. The standard InChI is InChI=1S/C13H21N3O/c1-9-7-16(8-10(2)17-9)13-6-12(11(3)14)4-5-15-13/h4-6,9-11H,7-8,14H2,1-3H3/t9?,10?,11-/m1/s1. The quantitative estimate of drug-likeness (QED) is 0.848. The molecule has 4 nitrogen and oxygen atoms in total. The van der Waals surface area contributed by atoms with Gasteiger partial charge < -0.3 is 15.4 Å². The third-order valence-corrected chi connectivity index (χ3v) is 3.04. The second kappa shape index (κ2) is 5.02. The Morgan fingerprint density at radius 1 is 1.41 bits per heavy atom. The van der Waals surface area contributed by atoms with E-state index in [2.05, 4.69) is 29.8 Å². The zero-order valence-corrected chi connectivity index (χ0v) is 10.8. The maximum Gasteiger partial charge on any atom is 0.128 e. The van der Waals surface area contributed by atoms with Gasteiger partial charge in [0.2, 0.25) is 0 Å². The van der Waals surface area contributed by atoms with Crippen molar-refractivity contribution in [1.82, 2.24) is 4.98 Å². The van der Waals surface area contributed by atoms with Crippen LogP contribution in [0.3, 0.4) is 0 Å². The Morgan fingerprint density at radius 2 is 2.06 bits per heavy atom. The molecule has 0 aromatic carbocycles. The Kier molecular flexibility index (Phi) is 3.64. The molecule has 1 saturated heterocycles. The highest BCUT2D eigenvalue weighted by molar-refractivity contribution is 5.42. The van der Waals surface area contributed by atoms with Crippen LogP contribution in [0.2, 0.25) is 0 Å². The SMILES string of the molecule is CC1CN(c2cc([C@@H](C)N)ccn2)CC(C)O1. The number of rotatable bonds is 2. The lowest BCUT2D eigenvalue weighted by atomic mass is 10.1. The van der Waals surface area contributed by atoms with E-state index < -0.39 is 0 Å². The van der Waals surface area contributed by atoms with E-state index >= 15 is 0 Å². The molecule has 2 rings (SSSR count). The molecule has 0 aliphatic carbocycles. The molecule has 1 aliphatic heterocycles. The van der Waals surface area contributed by atoms with Gasteiger partial charge in [-0.1, -0.05) is 0 Å². The first kappa shape index (κ1) is 12.3. The minimum Gasteiger partial charge on any atom is -0.372 e. The first-order valence-corrected chi connectivity index (χ1v) is 6.18. The fraction of sp³-hybridized carbons (Fsp3) is 0.615. The summed E-state index contributed by atoms with van der Waals surface area (Å²) in [7, 11) is 0. The summed E-state index contributed by atoms with van der Waals surface area (Å²) in [5.41, 5.74) is 7.02. The monoisotopic (exact) mass is 235 g/mol. The van der Waals surface area contributed by atoms with Crippen molar-refractivity contribution in [1.29, 1.82) is 0 Å². The summed E-state index contributed by atoms with van der Waals surface area (Å²) >= 11 is 0. The summed E-state index contributed by atoms with van der Waals surface area (Å²) in [6, 6.07) is 4.10. The number of anilines is 1. The summed E-state index contributed by atoms with van der Waals surface area (Å²) < 4.78 is 5.72. The van der Waals surface area contributed by atoms with Crippen LogP contribution >= 0.6 is 0 Å². The first-order chi connectivity index (χ1) is 8.06. The van der Waals surface area contributed by atoms with E-state index in [1.807, 2.05) is 19.2 Å². The topological polar surface area (TPSA) is 51.4 Å². The van der Waals surface area contributed by atoms with Gasteiger partial charge in [-0.15, -0.1) is 0 Å². The molecule has 94 valence electrons. The molecular formula is C13H21N3O. The summed E-state index contributed by atoms with van der Waals surface area (Å²) in [5, 5.41) is 0. The fourth-order valence-corrected chi connectivity index (χ4v) is 2.26. The molecule has 0 saturated carbocycles. The van der Waals surface area contributed by atoms with E-state index in [1.165, 1.54) is 0 Å². The molecule has 0 spiro atoms. The number of nitrogens with zero attached hydrogens (tertiary/aromatic N) is 2. The zero-order chi connectivity index (χ0) is 12.4. The van der Waals surface area contributed by atoms with Crippen LogP contribution in [0.5, 0.6) is 0 Å². The molecule has 0 amide bonds. The van der Waals surface area contributed by atoms with Gasteiger partial charge in [-0.25, -0.2) is 4.98 Å². The van der Waals surface area contributed by atoms with Crippen LogP contribution in [-0.2, 0) is 4.74 Å². The maximum absolute atomic E-state index is 5.90.